The maximum Gasteiger partial charge on any atom is 0.145 e. The topological polar surface area (TPSA) is 58.0 Å². The standard InChI is InChI=1S/C10H17N3OS/c1-3-12-9-4-11-5-10(13-9)15-7-8(2)6-14/h4-5,8,14H,3,6-7H2,1-2H3,(H,12,13). The molecule has 15 heavy (non-hydrogen) atoms. The molecule has 0 spiro atoms. The SMILES string of the molecule is CCNc1cncc(SCC(C)CO)n1. The van der Waals surface area contributed by atoms with Gasteiger partial charge in [0.25, 0.3) is 0 Å². The number of anilines is 1. The molecule has 0 aliphatic heterocycles. The first-order valence-corrected chi connectivity index (χ1v) is 6.04. The van der Waals surface area contributed by atoms with E-state index in [0.29, 0.717) is 5.92 Å². The second-order valence-electron chi connectivity index (χ2n) is 3.37. The second-order valence-corrected chi connectivity index (χ2v) is 4.41. The Kier molecular flexibility index (Phi) is 5.42. The lowest BCUT2D eigenvalue weighted by molar-refractivity contribution is 0.250. The van der Waals surface area contributed by atoms with Gasteiger partial charge >= 0.3 is 0 Å². The number of nitrogens with one attached hydrogen (secondary N) is 1. The highest BCUT2D eigenvalue weighted by Gasteiger charge is 2.03. The van der Waals surface area contributed by atoms with Gasteiger partial charge in [0.1, 0.15) is 10.8 Å². The van der Waals surface area contributed by atoms with Crippen LogP contribution in [-0.4, -0.2) is 34.0 Å². The second kappa shape index (κ2) is 6.63. The van der Waals surface area contributed by atoms with Gasteiger partial charge in [-0.2, -0.15) is 0 Å². The molecule has 0 aromatic carbocycles. The fourth-order valence-electron chi connectivity index (χ4n) is 0.964. The Morgan fingerprint density at radius 2 is 2.33 bits per heavy atom. The predicted octanol–water partition coefficient (Wildman–Crippen LogP) is 1.63. The molecule has 0 saturated carbocycles. The maximum absolute atomic E-state index is 8.89. The third kappa shape index (κ3) is 4.48. The van der Waals surface area contributed by atoms with Crippen LogP contribution in [0, 0.1) is 5.92 Å². The number of aliphatic hydroxyl groups is 1. The van der Waals surface area contributed by atoms with Crippen molar-refractivity contribution in [3.05, 3.63) is 12.4 Å². The van der Waals surface area contributed by atoms with Crippen LogP contribution in [0.3, 0.4) is 0 Å². The Labute approximate surface area is 94.5 Å². The highest BCUT2D eigenvalue weighted by Crippen LogP contribution is 2.18. The zero-order valence-corrected chi connectivity index (χ0v) is 9.92. The average molecular weight is 227 g/mol. The number of thioether (sulfide) groups is 1. The highest BCUT2D eigenvalue weighted by molar-refractivity contribution is 7.99. The summed E-state index contributed by atoms with van der Waals surface area (Å²) in [6, 6.07) is 0. The molecule has 1 unspecified atom stereocenters. The van der Waals surface area contributed by atoms with Crippen LogP contribution in [0.1, 0.15) is 13.8 Å². The summed E-state index contributed by atoms with van der Waals surface area (Å²) in [6.07, 6.45) is 3.46. The smallest absolute Gasteiger partial charge is 0.145 e. The number of hydrogen-bond acceptors (Lipinski definition) is 5. The number of nitrogens with zero attached hydrogens (tertiary/aromatic N) is 2. The number of rotatable bonds is 6. The number of hydrogen-bond donors (Lipinski definition) is 2. The quantitative estimate of drug-likeness (QED) is 0.723. The van der Waals surface area contributed by atoms with Gasteiger partial charge in [0.05, 0.1) is 12.4 Å². The maximum atomic E-state index is 8.89. The molecule has 0 radical (unpaired) electrons. The van der Waals surface area contributed by atoms with E-state index in [1.54, 1.807) is 24.2 Å². The Balaban J connectivity index is 2.50. The van der Waals surface area contributed by atoms with Crippen molar-refractivity contribution >= 4 is 17.6 Å². The van der Waals surface area contributed by atoms with Crippen molar-refractivity contribution in [2.24, 2.45) is 5.92 Å². The van der Waals surface area contributed by atoms with Crippen molar-refractivity contribution in [1.82, 2.24) is 9.97 Å². The van der Waals surface area contributed by atoms with Crippen LogP contribution >= 0.6 is 11.8 Å². The van der Waals surface area contributed by atoms with Gasteiger partial charge in [0.2, 0.25) is 0 Å². The van der Waals surface area contributed by atoms with Crippen LogP contribution in [-0.2, 0) is 0 Å². The monoisotopic (exact) mass is 227 g/mol. The summed E-state index contributed by atoms with van der Waals surface area (Å²) in [5.41, 5.74) is 0. The summed E-state index contributed by atoms with van der Waals surface area (Å²) in [5, 5.41) is 12.9. The van der Waals surface area contributed by atoms with Gasteiger partial charge in [0.15, 0.2) is 0 Å². The van der Waals surface area contributed by atoms with Gasteiger partial charge in [-0.05, 0) is 12.8 Å². The zero-order valence-electron chi connectivity index (χ0n) is 9.10. The molecule has 0 bridgehead atoms. The lowest BCUT2D eigenvalue weighted by atomic mass is 10.2. The van der Waals surface area contributed by atoms with E-state index < -0.39 is 0 Å². The highest BCUT2D eigenvalue weighted by atomic mass is 32.2. The van der Waals surface area contributed by atoms with Crippen molar-refractivity contribution in [2.45, 2.75) is 18.9 Å². The first kappa shape index (κ1) is 12.3. The zero-order chi connectivity index (χ0) is 11.1. The summed E-state index contributed by atoms with van der Waals surface area (Å²) in [5.74, 6) is 1.96. The molecule has 1 atom stereocenters. The van der Waals surface area contributed by atoms with Crippen molar-refractivity contribution in [3.63, 3.8) is 0 Å². The van der Waals surface area contributed by atoms with Crippen LogP contribution in [0.2, 0.25) is 0 Å². The van der Waals surface area contributed by atoms with Crippen molar-refractivity contribution in [2.75, 3.05) is 24.2 Å². The van der Waals surface area contributed by atoms with Gasteiger partial charge in [-0.15, -0.1) is 11.8 Å². The fraction of sp³-hybridized carbons (Fsp3) is 0.600. The molecule has 0 aliphatic carbocycles. The minimum Gasteiger partial charge on any atom is -0.396 e. The van der Waals surface area contributed by atoms with E-state index in [1.807, 2.05) is 13.8 Å². The summed E-state index contributed by atoms with van der Waals surface area (Å²) in [7, 11) is 0. The third-order valence-corrected chi connectivity index (χ3v) is 3.03. The molecular formula is C10H17N3OS. The lowest BCUT2D eigenvalue weighted by Gasteiger charge is -2.07. The van der Waals surface area contributed by atoms with E-state index in [1.165, 1.54) is 0 Å². The minimum absolute atomic E-state index is 0.216. The summed E-state index contributed by atoms with van der Waals surface area (Å²) in [4.78, 5) is 8.48. The summed E-state index contributed by atoms with van der Waals surface area (Å²) >= 11 is 1.62. The van der Waals surface area contributed by atoms with Crippen LogP contribution in [0.25, 0.3) is 0 Å². The summed E-state index contributed by atoms with van der Waals surface area (Å²) < 4.78 is 0. The Morgan fingerprint density at radius 1 is 1.53 bits per heavy atom. The van der Waals surface area contributed by atoms with Crippen LogP contribution in [0.5, 0.6) is 0 Å². The number of aliphatic hydroxyl groups excluding tert-OH is 1. The normalized spacial score (nSPS) is 12.5. The fourth-order valence-corrected chi connectivity index (χ4v) is 1.82. The lowest BCUT2D eigenvalue weighted by Crippen LogP contribution is -2.04. The first-order chi connectivity index (χ1) is 7.26. The van der Waals surface area contributed by atoms with E-state index in [0.717, 1.165) is 23.1 Å². The molecule has 5 heteroatoms. The molecule has 2 N–H and O–H groups in total. The van der Waals surface area contributed by atoms with E-state index in [2.05, 4.69) is 15.3 Å². The molecule has 1 aromatic rings. The van der Waals surface area contributed by atoms with Gasteiger partial charge in [-0.3, -0.25) is 4.98 Å². The van der Waals surface area contributed by atoms with Gasteiger partial charge in [-0.1, -0.05) is 6.92 Å². The Morgan fingerprint density at radius 3 is 3.00 bits per heavy atom. The van der Waals surface area contributed by atoms with Crippen LogP contribution in [0.15, 0.2) is 17.4 Å². The largest absolute Gasteiger partial charge is 0.396 e. The molecule has 0 saturated heterocycles. The van der Waals surface area contributed by atoms with Crippen LogP contribution < -0.4 is 5.32 Å². The van der Waals surface area contributed by atoms with Gasteiger partial charge < -0.3 is 10.4 Å². The molecule has 0 aliphatic rings. The summed E-state index contributed by atoms with van der Waals surface area (Å²) in [6.45, 7) is 5.09. The van der Waals surface area contributed by atoms with E-state index in [9.17, 15) is 0 Å². The molecule has 0 amide bonds. The number of aromatic nitrogens is 2. The van der Waals surface area contributed by atoms with E-state index in [-0.39, 0.29) is 6.61 Å². The minimum atomic E-state index is 0.216. The predicted molar refractivity (Wildman–Crippen MR) is 63.2 cm³/mol. The molecule has 1 heterocycles. The first-order valence-electron chi connectivity index (χ1n) is 5.05. The van der Waals surface area contributed by atoms with Gasteiger partial charge in [0, 0.05) is 18.9 Å². The molecular weight excluding hydrogens is 210 g/mol. The van der Waals surface area contributed by atoms with E-state index in [4.69, 9.17) is 5.11 Å². The van der Waals surface area contributed by atoms with Crippen molar-refractivity contribution in [1.29, 1.82) is 0 Å². The van der Waals surface area contributed by atoms with E-state index >= 15 is 0 Å². The average Bonchev–Trinajstić information content (AvgIpc) is 2.27. The third-order valence-electron chi connectivity index (χ3n) is 1.80. The van der Waals surface area contributed by atoms with Gasteiger partial charge in [-0.25, -0.2) is 4.98 Å². The Hall–Kier alpha value is -0.810. The molecule has 4 nitrogen and oxygen atoms in total. The Bertz CT molecular complexity index is 296. The molecule has 0 fully saturated rings. The molecule has 84 valence electrons. The molecule has 1 aromatic heterocycles. The molecule has 1 rings (SSSR count). The van der Waals surface area contributed by atoms with Crippen molar-refractivity contribution < 1.29 is 5.11 Å². The van der Waals surface area contributed by atoms with Crippen LogP contribution in [0.4, 0.5) is 5.82 Å². The van der Waals surface area contributed by atoms with Crippen molar-refractivity contribution in [3.8, 4) is 0 Å².